The SMILES string of the molecule is C=CC(=O)Nc1cc(Nc2ncc(Cl)c(O[C@@H]3CO[C@H]4[C@@H]3OC[C@H]4OC)n2)ccc1N1CCN(C)C(C)C1. The molecule has 5 rings (SSSR count). The van der Waals surface area contributed by atoms with E-state index in [1.54, 1.807) is 7.11 Å². The lowest BCUT2D eigenvalue weighted by Gasteiger charge is -2.39. The van der Waals surface area contributed by atoms with Gasteiger partial charge in [-0.25, -0.2) is 4.98 Å². The summed E-state index contributed by atoms with van der Waals surface area (Å²) in [5.74, 6) is 0.237. The van der Waals surface area contributed by atoms with Crippen LogP contribution in [0.25, 0.3) is 0 Å². The Bertz CT molecular complexity index is 1180. The van der Waals surface area contributed by atoms with Crippen LogP contribution < -0.4 is 20.3 Å². The molecule has 38 heavy (non-hydrogen) atoms. The average Bonchev–Trinajstić information content (AvgIpc) is 3.50. The second kappa shape index (κ2) is 11.4. The van der Waals surface area contributed by atoms with E-state index in [4.69, 9.17) is 30.5 Å². The fraction of sp³-hybridized carbons (Fsp3) is 0.500. The van der Waals surface area contributed by atoms with Gasteiger partial charge in [-0.1, -0.05) is 18.2 Å². The van der Waals surface area contributed by atoms with Crippen molar-refractivity contribution in [1.82, 2.24) is 14.9 Å². The van der Waals surface area contributed by atoms with E-state index in [0.717, 1.165) is 25.3 Å². The number of likely N-dealkylation sites (N-methyl/N-ethyl adjacent to an activating group) is 1. The predicted molar refractivity (Wildman–Crippen MR) is 145 cm³/mol. The van der Waals surface area contributed by atoms with E-state index >= 15 is 0 Å². The fourth-order valence-corrected chi connectivity index (χ4v) is 5.08. The molecule has 3 fully saturated rings. The molecule has 1 aromatic carbocycles. The Labute approximate surface area is 227 Å². The molecule has 11 nitrogen and oxygen atoms in total. The third-order valence-electron chi connectivity index (χ3n) is 7.24. The molecule has 3 saturated heterocycles. The molecular formula is C26H33ClN6O5. The number of nitrogens with one attached hydrogen (secondary N) is 2. The lowest BCUT2D eigenvalue weighted by atomic mass is 10.1. The number of halogens is 1. The summed E-state index contributed by atoms with van der Waals surface area (Å²) in [6.07, 6.45) is 1.79. The first kappa shape index (κ1) is 26.6. The topological polar surface area (TPSA) is 110 Å². The minimum Gasteiger partial charge on any atom is -0.468 e. The minimum absolute atomic E-state index is 0.125. The van der Waals surface area contributed by atoms with Crippen molar-refractivity contribution in [3.63, 3.8) is 0 Å². The average molecular weight is 545 g/mol. The van der Waals surface area contributed by atoms with Gasteiger partial charge < -0.3 is 39.4 Å². The van der Waals surface area contributed by atoms with Gasteiger partial charge in [-0.2, -0.15) is 4.98 Å². The van der Waals surface area contributed by atoms with Crippen LogP contribution >= 0.6 is 11.6 Å². The van der Waals surface area contributed by atoms with E-state index < -0.39 is 0 Å². The Hall–Kier alpha value is -2.96. The molecule has 0 saturated carbocycles. The van der Waals surface area contributed by atoms with E-state index in [1.165, 1.54) is 12.3 Å². The van der Waals surface area contributed by atoms with Crippen molar-refractivity contribution in [1.29, 1.82) is 0 Å². The number of benzene rings is 1. The zero-order valence-corrected chi connectivity index (χ0v) is 22.5. The van der Waals surface area contributed by atoms with E-state index in [0.29, 0.717) is 36.6 Å². The number of hydrogen-bond acceptors (Lipinski definition) is 10. The first-order valence-electron chi connectivity index (χ1n) is 12.6. The number of nitrogens with zero attached hydrogens (tertiary/aromatic N) is 4. The third kappa shape index (κ3) is 5.57. The number of anilines is 4. The van der Waals surface area contributed by atoms with Crippen LogP contribution in [-0.2, 0) is 19.0 Å². The van der Waals surface area contributed by atoms with Crippen molar-refractivity contribution in [3.8, 4) is 5.88 Å². The van der Waals surface area contributed by atoms with Gasteiger partial charge in [0.25, 0.3) is 0 Å². The number of rotatable bonds is 8. The van der Waals surface area contributed by atoms with E-state index in [1.807, 2.05) is 18.2 Å². The molecule has 204 valence electrons. The molecule has 1 amide bonds. The fourth-order valence-electron chi connectivity index (χ4n) is 4.94. The highest BCUT2D eigenvalue weighted by molar-refractivity contribution is 6.31. The standard InChI is InChI=1S/C26H33ClN6O5/c1-5-22(34)30-18-10-16(6-7-19(18)33-9-8-32(3)15(2)12-33)29-26-28-11-17(27)25(31-26)38-21-14-37-23-20(35-4)13-36-24(21)23/h5-7,10-11,15,20-21,23-24H,1,8-9,12-14H2,2-4H3,(H,30,34)(H,28,29,31)/t15?,20-,21-,23-,24-/m1/s1. The van der Waals surface area contributed by atoms with Gasteiger partial charge in [0, 0.05) is 38.5 Å². The summed E-state index contributed by atoms with van der Waals surface area (Å²) in [5, 5.41) is 6.40. The highest BCUT2D eigenvalue weighted by Crippen LogP contribution is 2.34. The lowest BCUT2D eigenvalue weighted by molar-refractivity contribution is -0.111. The van der Waals surface area contributed by atoms with Gasteiger partial charge in [0.1, 0.15) is 23.3 Å². The van der Waals surface area contributed by atoms with Gasteiger partial charge >= 0.3 is 0 Å². The molecule has 1 unspecified atom stereocenters. The number of piperazine rings is 1. The summed E-state index contributed by atoms with van der Waals surface area (Å²) in [4.78, 5) is 25.6. The monoisotopic (exact) mass is 544 g/mol. The first-order chi connectivity index (χ1) is 18.4. The molecule has 4 heterocycles. The summed E-state index contributed by atoms with van der Waals surface area (Å²) < 4.78 is 23.2. The van der Waals surface area contributed by atoms with Crippen molar-refractivity contribution in [2.24, 2.45) is 0 Å². The molecular weight excluding hydrogens is 512 g/mol. The van der Waals surface area contributed by atoms with Crippen LogP contribution in [0.4, 0.5) is 23.0 Å². The first-order valence-corrected chi connectivity index (χ1v) is 13.0. The quantitative estimate of drug-likeness (QED) is 0.481. The molecule has 3 aliphatic rings. The van der Waals surface area contributed by atoms with Gasteiger partial charge in [0.2, 0.25) is 17.7 Å². The Morgan fingerprint density at radius 3 is 2.74 bits per heavy atom. The molecule has 5 atom stereocenters. The summed E-state index contributed by atoms with van der Waals surface area (Å²) >= 11 is 6.35. The summed E-state index contributed by atoms with van der Waals surface area (Å²) in [5.41, 5.74) is 2.30. The van der Waals surface area contributed by atoms with Crippen LogP contribution in [0.3, 0.4) is 0 Å². The number of carbonyl (C=O) groups is 1. The summed E-state index contributed by atoms with van der Waals surface area (Å²) in [6.45, 7) is 9.20. The smallest absolute Gasteiger partial charge is 0.247 e. The number of methoxy groups -OCH3 is 1. The molecule has 1 aromatic heterocycles. The maximum atomic E-state index is 12.2. The zero-order valence-electron chi connectivity index (χ0n) is 21.7. The number of fused-ring (bicyclic) bond motifs is 1. The Balaban J connectivity index is 1.33. The molecule has 12 heteroatoms. The molecule has 0 spiro atoms. The maximum Gasteiger partial charge on any atom is 0.247 e. The van der Waals surface area contributed by atoms with Crippen LogP contribution in [0.1, 0.15) is 6.92 Å². The van der Waals surface area contributed by atoms with Crippen LogP contribution in [0.15, 0.2) is 37.1 Å². The largest absolute Gasteiger partial charge is 0.468 e. The van der Waals surface area contributed by atoms with Crippen molar-refractivity contribution in [2.75, 3.05) is 62.5 Å². The molecule has 0 aliphatic carbocycles. The van der Waals surface area contributed by atoms with Crippen molar-refractivity contribution in [3.05, 3.63) is 42.1 Å². The highest BCUT2D eigenvalue weighted by Gasteiger charge is 2.49. The van der Waals surface area contributed by atoms with Gasteiger partial charge in [-0.3, -0.25) is 4.79 Å². The molecule has 0 bridgehead atoms. The normalized spacial score (nSPS) is 27.2. The summed E-state index contributed by atoms with van der Waals surface area (Å²) in [7, 11) is 3.76. The van der Waals surface area contributed by atoms with Crippen molar-refractivity contribution < 1.29 is 23.7 Å². The van der Waals surface area contributed by atoms with E-state index in [-0.39, 0.29) is 41.2 Å². The van der Waals surface area contributed by atoms with E-state index in [2.05, 4.69) is 51.0 Å². The zero-order chi connectivity index (χ0) is 26.8. The third-order valence-corrected chi connectivity index (χ3v) is 7.50. The number of aromatic nitrogens is 2. The lowest BCUT2D eigenvalue weighted by Crippen LogP contribution is -2.50. The van der Waals surface area contributed by atoms with Crippen LogP contribution in [0.5, 0.6) is 5.88 Å². The van der Waals surface area contributed by atoms with Crippen molar-refractivity contribution in [2.45, 2.75) is 37.4 Å². The van der Waals surface area contributed by atoms with Gasteiger partial charge in [0.05, 0.1) is 30.8 Å². The van der Waals surface area contributed by atoms with Gasteiger partial charge in [0.15, 0.2) is 6.10 Å². The minimum atomic E-state index is -0.369. The Morgan fingerprint density at radius 1 is 1.24 bits per heavy atom. The number of ether oxygens (including phenoxy) is 4. The van der Waals surface area contributed by atoms with Gasteiger partial charge in [-0.05, 0) is 38.2 Å². The predicted octanol–water partition coefficient (Wildman–Crippen LogP) is 2.70. The number of amides is 1. The van der Waals surface area contributed by atoms with Crippen LogP contribution in [0, 0.1) is 0 Å². The van der Waals surface area contributed by atoms with Gasteiger partial charge in [-0.15, -0.1) is 0 Å². The molecule has 0 radical (unpaired) electrons. The van der Waals surface area contributed by atoms with Crippen LogP contribution in [-0.4, -0.2) is 98.2 Å². The Morgan fingerprint density at radius 2 is 2.00 bits per heavy atom. The number of carbonyl (C=O) groups excluding carboxylic acids is 1. The van der Waals surface area contributed by atoms with E-state index in [9.17, 15) is 4.79 Å². The number of hydrogen-bond donors (Lipinski definition) is 2. The second-order valence-corrected chi connectivity index (χ2v) is 10.1. The summed E-state index contributed by atoms with van der Waals surface area (Å²) in [6, 6.07) is 6.14. The maximum absolute atomic E-state index is 12.2. The second-order valence-electron chi connectivity index (χ2n) is 9.70. The molecule has 3 aliphatic heterocycles. The molecule has 2 N–H and O–H groups in total. The highest BCUT2D eigenvalue weighted by atomic mass is 35.5. The Kier molecular flexibility index (Phi) is 8.01. The van der Waals surface area contributed by atoms with Crippen LogP contribution in [0.2, 0.25) is 5.02 Å². The van der Waals surface area contributed by atoms with Crippen molar-refractivity contribution >= 4 is 40.5 Å². The molecule has 2 aromatic rings.